The maximum atomic E-state index is 12.8. The number of carbonyl (C=O) groups is 2. The first-order valence-electron chi connectivity index (χ1n) is 8.72. The van der Waals surface area contributed by atoms with Crippen LogP contribution in [0, 0.1) is 0 Å². The van der Waals surface area contributed by atoms with Crippen LogP contribution in [-0.2, 0) is 16.0 Å². The second-order valence-corrected chi connectivity index (χ2v) is 6.62. The molecule has 0 unspecified atom stereocenters. The molecule has 2 aliphatic rings. The summed E-state index contributed by atoms with van der Waals surface area (Å²) in [6.45, 7) is 1.46. The molecule has 0 bridgehead atoms. The lowest BCUT2D eigenvalue weighted by molar-refractivity contribution is -0.133. The number of aryl methyl sites for hydroxylation is 1. The molecule has 0 N–H and O–H groups in total. The van der Waals surface area contributed by atoms with Crippen molar-refractivity contribution >= 4 is 17.5 Å². The fraction of sp³-hybridized carbons (Fsp3) is 0.444. The quantitative estimate of drug-likeness (QED) is 0.848. The van der Waals surface area contributed by atoms with Crippen molar-refractivity contribution < 1.29 is 9.59 Å². The molecule has 1 aromatic heterocycles. The highest BCUT2D eigenvalue weighted by molar-refractivity contribution is 6.01. The number of benzene rings is 1. The van der Waals surface area contributed by atoms with E-state index in [0.29, 0.717) is 13.0 Å². The van der Waals surface area contributed by atoms with Gasteiger partial charge in [-0.3, -0.25) is 9.59 Å². The summed E-state index contributed by atoms with van der Waals surface area (Å²) in [7, 11) is 0. The third-order valence-corrected chi connectivity index (χ3v) is 5.04. The molecule has 0 radical (unpaired) electrons. The van der Waals surface area contributed by atoms with Gasteiger partial charge in [-0.25, -0.2) is 9.67 Å². The fourth-order valence-corrected chi connectivity index (χ4v) is 3.71. The maximum absolute atomic E-state index is 12.8. The number of rotatable bonds is 3. The van der Waals surface area contributed by atoms with Crippen LogP contribution >= 0.6 is 0 Å². The van der Waals surface area contributed by atoms with Gasteiger partial charge in [0.1, 0.15) is 19.2 Å². The zero-order valence-electron chi connectivity index (χ0n) is 14.0. The summed E-state index contributed by atoms with van der Waals surface area (Å²) in [5.41, 5.74) is 2.01. The number of fused-ring (bicyclic) bond motifs is 1. The molecule has 7 nitrogen and oxygen atoms in total. The van der Waals surface area contributed by atoms with Crippen LogP contribution in [0.4, 0.5) is 5.69 Å². The number of piperidine rings is 1. The Morgan fingerprint density at radius 3 is 2.96 bits per heavy atom. The summed E-state index contributed by atoms with van der Waals surface area (Å²) < 4.78 is 1.82. The molecule has 2 amide bonds. The minimum absolute atomic E-state index is 0.00475. The van der Waals surface area contributed by atoms with Crippen LogP contribution in [0.2, 0.25) is 0 Å². The average Bonchev–Trinajstić information content (AvgIpc) is 3.19. The van der Waals surface area contributed by atoms with Gasteiger partial charge in [0.05, 0.1) is 6.04 Å². The van der Waals surface area contributed by atoms with E-state index < -0.39 is 0 Å². The lowest BCUT2D eigenvalue weighted by Gasteiger charge is -2.35. The summed E-state index contributed by atoms with van der Waals surface area (Å²) in [6, 6.07) is 8.00. The van der Waals surface area contributed by atoms with E-state index in [9.17, 15) is 9.59 Å². The van der Waals surface area contributed by atoms with E-state index in [2.05, 4.69) is 10.1 Å². The molecule has 1 atom stereocenters. The topological polar surface area (TPSA) is 71.3 Å². The number of likely N-dealkylation sites (tertiary alicyclic amines) is 1. The molecule has 0 spiro atoms. The Labute approximate surface area is 146 Å². The monoisotopic (exact) mass is 339 g/mol. The average molecular weight is 339 g/mol. The van der Waals surface area contributed by atoms with E-state index in [1.807, 2.05) is 33.8 Å². The van der Waals surface area contributed by atoms with Crippen molar-refractivity contribution in [1.29, 1.82) is 0 Å². The minimum atomic E-state index is -0.00475. The van der Waals surface area contributed by atoms with E-state index in [1.54, 1.807) is 11.2 Å². The summed E-state index contributed by atoms with van der Waals surface area (Å²) in [5.74, 6) is 0.0201. The zero-order chi connectivity index (χ0) is 17.2. The summed E-state index contributed by atoms with van der Waals surface area (Å²) in [6.07, 6.45) is 6.34. The van der Waals surface area contributed by atoms with Gasteiger partial charge in [0, 0.05) is 25.2 Å². The van der Waals surface area contributed by atoms with Crippen molar-refractivity contribution in [2.75, 3.05) is 24.5 Å². The predicted molar refractivity (Wildman–Crippen MR) is 92.0 cm³/mol. The summed E-state index contributed by atoms with van der Waals surface area (Å²) in [5, 5.41) is 4.19. The molecule has 0 saturated carbocycles. The highest BCUT2D eigenvalue weighted by Gasteiger charge is 2.30. The van der Waals surface area contributed by atoms with Crippen molar-refractivity contribution in [2.45, 2.75) is 31.7 Å². The number of hydrogen-bond donors (Lipinski definition) is 0. The van der Waals surface area contributed by atoms with E-state index in [1.165, 1.54) is 6.33 Å². The van der Waals surface area contributed by atoms with Crippen LogP contribution in [0.25, 0.3) is 0 Å². The van der Waals surface area contributed by atoms with Gasteiger partial charge in [-0.2, -0.15) is 5.10 Å². The van der Waals surface area contributed by atoms with Crippen LogP contribution in [0.1, 0.15) is 30.9 Å². The van der Waals surface area contributed by atoms with Crippen molar-refractivity contribution in [3.05, 3.63) is 42.5 Å². The van der Waals surface area contributed by atoms with Gasteiger partial charge in [-0.15, -0.1) is 0 Å². The van der Waals surface area contributed by atoms with Crippen LogP contribution < -0.4 is 4.90 Å². The van der Waals surface area contributed by atoms with Gasteiger partial charge in [0.15, 0.2) is 0 Å². The van der Waals surface area contributed by atoms with Gasteiger partial charge in [0.2, 0.25) is 11.8 Å². The van der Waals surface area contributed by atoms with E-state index >= 15 is 0 Å². The smallest absolute Gasteiger partial charge is 0.242 e. The molecule has 7 heteroatoms. The van der Waals surface area contributed by atoms with Crippen LogP contribution in [0.5, 0.6) is 0 Å². The normalized spacial score (nSPS) is 20.5. The molecular formula is C18H21N5O2. The largest absolute Gasteiger partial charge is 0.339 e. The van der Waals surface area contributed by atoms with Gasteiger partial charge in [0.25, 0.3) is 0 Å². The molecule has 130 valence electrons. The molecular weight excluding hydrogens is 318 g/mol. The van der Waals surface area contributed by atoms with Gasteiger partial charge >= 0.3 is 0 Å². The van der Waals surface area contributed by atoms with E-state index in [4.69, 9.17) is 0 Å². The second kappa shape index (κ2) is 6.66. The van der Waals surface area contributed by atoms with Crippen LogP contribution in [0.15, 0.2) is 36.9 Å². The Morgan fingerprint density at radius 1 is 1.24 bits per heavy atom. The lowest BCUT2D eigenvalue weighted by Crippen LogP contribution is -2.48. The molecule has 1 fully saturated rings. The number of aromatic nitrogens is 3. The number of anilines is 1. The first kappa shape index (κ1) is 15.8. The van der Waals surface area contributed by atoms with Gasteiger partial charge in [-0.05, 0) is 30.9 Å². The molecule has 3 heterocycles. The molecule has 1 saturated heterocycles. The third kappa shape index (κ3) is 3.14. The number of nitrogens with zero attached hydrogens (tertiary/aromatic N) is 5. The Bertz CT molecular complexity index is 774. The van der Waals surface area contributed by atoms with E-state index in [-0.39, 0.29) is 24.4 Å². The van der Waals surface area contributed by atoms with Crippen molar-refractivity contribution in [3.8, 4) is 0 Å². The Hall–Kier alpha value is -2.70. The highest BCUT2D eigenvalue weighted by Crippen LogP contribution is 2.28. The standard InChI is InChI=1S/C18H21N5O2/c24-17-8-7-14-4-1-2-6-16(14)22(17)11-18(25)21-9-3-5-15(10-21)23-13-19-12-20-23/h1-2,4,6,12-13,15H,3,5,7-11H2/t15-/m1/s1. The SMILES string of the molecule is O=C(CN1C(=O)CCc2ccccc21)N1CCC[C@@H](n2cncn2)C1. The minimum Gasteiger partial charge on any atom is -0.339 e. The Kier molecular flexibility index (Phi) is 4.21. The van der Waals surface area contributed by atoms with Crippen LogP contribution in [-0.4, -0.2) is 51.1 Å². The molecule has 2 aliphatic heterocycles. The van der Waals surface area contributed by atoms with Gasteiger partial charge < -0.3 is 9.80 Å². The summed E-state index contributed by atoms with van der Waals surface area (Å²) in [4.78, 5) is 32.7. The van der Waals surface area contributed by atoms with Crippen molar-refractivity contribution in [2.24, 2.45) is 0 Å². The zero-order valence-corrected chi connectivity index (χ0v) is 14.0. The molecule has 25 heavy (non-hydrogen) atoms. The molecule has 0 aliphatic carbocycles. The summed E-state index contributed by atoms with van der Waals surface area (Å²) >= 11 is 0. The lowest BCUT2D eigenvalue weighted by atomic mass is 10.0. The maximum Gasteiger partial charge on any atom is 0.242 e. The van der Waals surface area contributed by atoms with Gasteiger partial charge in [-0.1, -0.05) is 18.2 Å². The van der Waals surface area contributed by atoms with Crippen molar-refractivity contribution in [1.82, 2.24) is 19.7 Å². The van der Waals surface area contributed by atoms with Crippen molar-refractivity contribution in [3.63, 3.8) is 0 Å². The third-order valence-electron chi connectivity index (χ3n) is 5.04. The van der Waals surface area contributed by atoms with Crippen LogP contribution in [0.3, 0.4) is 0 Å². The predicted octanol–water partition coefficient (Wildman–Crippen LogP) is 1.42. The molecule has 2 aromatic rings. The number of carbonyl (C=O) groups excluding carboxylic acids is 2. The second-order valence-electron chi connectivity index (χ2n) is 6.62. The number of hydrogen-bond acceptors (Lipinski definition) is 4. The first-order chi connectivity index (χ1) is 12.2. The fourth-order valence-electron chi connectivity index (χ4n) is 3.71. The molecule has 1 aromatic carbocycles. The Balaban J connectivity index is 1.47. The molecule has 4 rings (SSSR count). The highest BCUT2D eigenvalue weighted by atomic mass is 16.2. The Morgan fingerprint density at radius 2 is 2.12 bits per heavy atom. The number of amides is 2. The van der Waals surface area contributed by atoms with E-state index in [0.717, 1.165) is 37.1 Å². The number of para-hydroxylation sites is 1. The first-order valence-corrected chi connectivity index (χ1v) is 8.72.